The van der Waals surface area contributed by atoms with E-state index in [1.54, 1.807) is 18.3 Å². The summed E-state index contributed by atoms with van der Waals surface area (Å²) in [5.41, 5.74) is 1.66. The number of nitrogens with zero attached hydrogens (tertiary/aromatic N) is 1. The van der Waals surface area contributed by atoms with E-state index >= 15 is 0 Å². The number of H-pyrrole nitrogens is 2. The monoisotopic (exact) mass is 177 g/mol. The second-order valence-electron chi connectivity index (χ2n) is 2.56. The van der Waals surface area contributed by atoms with Gasteiger partial charge in [-0.3, -0.25) is 5.10 Å². The molecular formula is C8H7N3O2. The van der Waals surface area contributed by atoms with Gasteiger partial charge in [0.25, 0.3) is 0 Å². The molecule has 0 unspecified atom stereocenters. The van der Waals surface area contributed by atoms with Crippen LogP contribution >= 0.6 is 0 Å². The molecule has 5 heteroatoms. The average molecular weight is 177 g/mol. The summed E-state index contributed by atoms with van der Waals surface area (Å²) in [7, 11) is 0. The molecule has 2 heterocycles. The third-order valence-electron chi connectivity index (χ3n) is 1.71. The van der Waals surface area contributed by atoms with Crippen molar-refractivity contribution in [1.82, 2.24) is 15.2 Å². The van der Waals surface area contributed by atoms with Crippen LogP contribution in [0.4, 0.5) is 0 Å². The highest BCUT2D eigenvalue weighted by Crippen LogP contribution is 2.14. The van der Waals surface area contributed by atoms with E-state index in [0.29, 0.717) is 0 Å². The second-order valence-corrected chi connectivity index (χ2v) is 2.56. The number of aromatic carboxylic acids is 1. The molecule has 0 atom stereocenters. The molecule has 2 aromatic rings. The van der Waals surface area contributed by atoms with Crippen LogP contribution in [0.25, 0.3) is 11.4 Å². The molecule has 2 aromatic heterocycles. The smallest absolute Gasteiger partial charge is 0.352 e. The zero-order valence-corrected chi connectivity index (χ0v) is 6.61. The van der Waals surface area contributed by atoms with Crippen LogP contribution in [0.5, 0.6) is 0 Å². The highest BCUT2D eigenvalue weighted by atomic mass is 16.4. The number of aromatic nitrogens is 3. The number of carbonyl (C=O) groups is 1. The SMILES string of the molecule is O=C(O)c1ccc(-c2ccn[nH]2)[nH]1. The molecule has 66 valence electrons. The van der Waals surface area contributed by atoms with Crippen LogP contribution in [-0.4, -0.2) is 26.3 Å². The molecule has 0 saturated carbocycles. The number of carboxylic acid groups (broad SMARTS) is 1. The number of aromatic amines is 2. The molecule has 3 N–H and O–H groups in total. The normalized spacial score (nSPS) is 10.2. The van der Waals surface area contributed by atoms with E-state index < -0.39 is 5.97 Å². The molecule has 0 aliphatic carbocycles. The Morgan fingerprint density at radius 1 is 1.31 bits per heavy atom. The van der Waals surface area contributed by atoms with E-state index in [0.717, 1.165) is 11.4 Å². The van der Waals surface area contributed by atoms with E-state index in [2.05, 4.69) is 15.2 Å². The molecule has 0 bridgehead atoms. The first-order valence-electron chi connectivity index (χ1n) is 3.69. The minimum atomic E-state index is -0.967. The Kier molecular flexibility index (Phi) is 1.63. The zero-order valence-electron chi connectivity index (χ0n) is 6.61. The lowest BCUT2D eigenvalue weighted by molar-refractivity contribution is 0.0691. The van der Waals surface area contributed by atoms with E-state index in [9.17, 15) is 4.79 Å². The zero-order chi connectivity index (χ0) is 9.26. The van der Waals surface area contributed by atoms with Crippen molar-refractivity contribution in [3.05, 3.63) is 30.1 Å². The van der Waals surface area contributed by atoms with Gasteiger partial charge in [0, 0.05) is 6.20 Å². The third-order valence-corrected chi connectivity index (χ3v) is 1.71. The first-order chi connectivity index (χ1) is 6.27. The van der Waals surface area contributed by atoms with Gasteiger partial charge in [0.15, 0.2) is 0 Å². The van der Waals surface area contributed by atoms with Gasteiger partial charge in [-0.15, -0.1) is 0 Å². The minimum Gasteiger partial charge on any atom is -0.477 e. The fourth-order valence-corrected chi connectivity index (χ4v) is 1.08. The van der Waals surface area contributed by atoms with E-state index in [-0.39, 0.29) is 5.69 Å². The Labute approximate surface area is 73.4 Å². The lowest BCUT2D eigenvalue weighted by atomic mass is 10.3. The van der Waals surface area contributed by atoms with Crippen LogP contribution in [0.15, 0.2) is 24.4 Å². The van der Waals surface area contributed by atoms with Crippen molar-refractivity contribution in [3.63, 3.8) is 0 Å². The number of rotatable bonds is 2. The Hall–Kier alpha value is -2.04. The molecule has 0 aliphatic heterocycles. The summed E-state index contributed by atoms with van der Waals surface area (Å²) < 4.78 is 0. The van der Waals surface area contributed by atoms with Crippen LogP contribution < -0.4 is 0 Å². The summed E-state index contributed by atoms with van der Waals surface area (Å²) in [6, 6.07) is 4.97. The standard InChI is InChI=1S/C8H7N3O2/c12-8(13)7-2-1-5(10-7)6-3-4-9-11-6/h1-4,10H,(H,9,11)(H,12,13). The van der Waals surface area contributed by atoms with Crippen molar-refractivity contribution in [2.24, 2.45) is 0 Å². The maximum Gasteiger partial charge on any atom is 0.352 e. The highest BCUT2D eigenvalue weighted by Gasteiger charge is 2.06. The summed E-state index contributed by atoms with van der Waals surface area (Å²) in [6.07, 6.45) is 1.61. The fourth-order valence-electron chi connectivity index (χ4n) is 1.08. The lowest BCUT2D eigenvalue weighted by Crippen LogP contribution is -1.95. The highest BCUT2D eigenvalue weighted by molar-refractivity contribution is 5.86. The molecule has 13 heavy (non-hydrogen) atoms. The van der Waals surface area contributed by atoms with Crippen LogP contribution in [0, 0.1) is 0 Å². The first-order valence-corrected chi connectivity index (χ1v) is 3.69. The van der Waals surface area contributed by atoms with Crippen molar-refractivity contribution in [2.45, 2.75) is 0 Å². The number of hydrogen-bond donors (Lipinski definition) is 3. The van der Waals surface area contributed by atoms with Gasteiger partial charge in [0.1, 0.15) is 5.69 Å². The average Bonchev–Trinajstić information content (AvgIpc) is 2.75. The molecule has 0 spiro atoms. The molecule has 0 aromatic carbocycles. The molecule has 0 amide bonds. The molecule has 2 rings (SSSR count). The fraction of sp³-hybridized carbons (Fsp3) is 0. The lowest BCUT2D eigenvalue weighted by Gasteiger charge is -1.90. The maximum absolute atomic E-state index is 10.5. The van der Waals surface area contributed by atoms with Crippen molar-refractivity contribution in [2.75, 3.05) is 0 Å². The van der Waals surface area contributed by atoms with Gasteiger partial charge in [0.05, 0.1) is 11.4 Å². The van der Waals surface area contributed by atoms with Gasteiger partial charge in [-0.05, 0) is 18.2 Å². The Morgan fingerprint density at radius 3 is 2.69 bits per heavy atom. The number of nitrogens with one attached hydrogen (secondary N) is 2. The van der Waals surface area contributed by atoms with Gasteiger partial charge >= 0.3 is 5.97 Å². The van der Waals surface area contributed by atoms with E-state index in [4.69, 9.17) is 5.11 Å². The first kappa shape index (κ1) is 7.60. The van der Waals surface area contributed by atoms with Gasteiger partial charge in [0.2, 0.25) is 0 Å². The van der Waals surface area contributed by atoms with Crippen molar-refractivity contribution in [3.8, 4) is 11.4 Å². The molecule has 0 radical (unpaired) electrons. The topological polar surface area (TPSA) is 81.8 Å². The summed E-state index contributed by atoms with van der Waals surface area (Å²) in [5.74, 6) is -0.967. The Balaban J connectivity index is 2.39. The van der Waals surface area contributed by atoms with Gasteiger partial charge in [-0.25, -0.2) is 4.79 Å². The summed E-state index contributed by atoms with van der Waals surface area (Å²) in [4.78, 5) is 13.3. The molecule has 0 aliphatic rings. The van der Waals surface area contributed by atoms with Crippen LogP contribution in [0.1, 0.15) is 10.5 Å². The van der Waals surface area contributed by atoms with E-state index in [1.807, 2.05) is 0 Å². The van der Waals surface area contributed by atoms with Crippen molar-refractivity contribution in [1.29, 1.82) is 0 Å². The van der Waals surface area contributed by atoms with Crippen molar-refractivity contribution >= 4 is 5.97 Å². The second kappa shape index (κ2) is 2.78. The van der Waals surface area contributed by atoms with Crippen LogP contribution in [0.3, 0.4) is 0 Å². The van der Waals surface area contributed by atoms with Crippen molar-refractivity contribution < 1.29 is 9.90 Å². The third kappa shape index (κ3) is 1.31. The predicted molar refractivity (Wildman–Crippen MR) is 45.3 cm³/mol. The molecule has 0 fully saturated rings. The Bertz CT molecular complexity index is 416. The number of hydrogen-bond acceptors (Lipinski definition) is 2. The predicted octanol–water partition coefficient (Wildman–Crippen LogP) is 1.10. The number of carboxylic acids is 1. The largest absolute Gasteiger partial charge is 0.477 e. The molecule has 0 saturated heterocycles. The molecule has 5 nitrogen and oxygen atoms in total. The van der Waals surface area contributed by atoms with E-state index in [1.165, 1.54) is 6.07 Å². The summed E-state index contributed by atoms with van der Waals surface area (Å²) in [6.45, 7) is 0. The van der Waals surface area contributed by atoms with Crippen LogP contribution in [0.2, 0.25) is 0 Å². The minimum absolute atomic E-state index is 0.171. The summed E-state index contributed by atoms with van der Waals surface area (Å²) >= 11 is 0. The quantitative estimate of drug-likeness (QED) is 0.642. The van der Waals surface area contributed by atoms with Gasteiger partial charge in [-0.1, -0.05) is 0 Å². The maximum atomic E-state index is 10.5. The van der Waals surface area contributed by atoms with Gasteiger partial charge < -0.3 is 10.1 Å². The van der Waals surface area contributed by atoms with Crippen LogP contribution in [-0.2, 0) is 0 Å². The molecular weight excluding hydrogens is 170 g/mol. The summed E-state index contributed by atoms with van der Waals surface area (Å²) in [5, 5.41) is 15.1. The van der Waals surface area contributed by atoms with Gasteiger partial charge in [-0.2, -0.15) is 5.10 Å². The Morgan fingerprint density at radius 2 is 2.15 bits per heavy atom.